The van der Waals surface area contributed by atoms with Gasteiger partial charge >= 0.3 is 15.5 Å². The highest BCUT2D eigenvalue weighted by atomic mass is 32.2. The molecule has 0 saturated carbocycles. The first-order valence-corrected chi connectivity index (χ1v) is 5.62. The summed E-state index contributed by atoms with van der Waals surface area (Å²) in [6.45, 7) is 7.58. The van der Waals surface area contributed by atoms with E-state index >= 15 is 0 Å². The maximum absolute atomic E-state index is 11.9. The van der Waals surface area contributed by atoms with E-state index in [1.54, 1.807) is 0 Å². The van der Waals surface area contributed by atoms with E-state index < -0.39 is 28.2 Å². The molecule has 0 aromatic carbocycles. The van der Waals surface area contributed by atoms with Gasteiger partial charge in [-0.3, -0.25) is 0 Å². The molecule has 0 rings (SSSR count). The zero-order valence-corrected chi connectivity index (χ0v) is 9.36. The normalized spacial score (nSPS) is 14.2. The van der Waals surface area contributed by atoms with Gasteiger partial charge in [0.1, 0.15) is 11.9 Å². The second kappa shape index (κ2) is 5.35. The first-order valence-electron chi connectivity index (χ1n) is 4.14. The Morgan fingerprint density at radius 1 is 1.56 bits per heavy atom. The zero-order chi connectivity index (χ0) is 13.0. The van der Waals surface area contributed by atoms with Crippen LogP contribution >= 0.6 is 0 Å². The summed E-state index contributed by atoms with van der Waals surface area (Å²) >= 11 is 0. The minimum Gasteiger partial charge on any atom is -0.490 e. The van der Waals surface area contributed by atoms with Crippen LogP contribution in [0.5, 0.6) is 0 Å². The van der Waals surface area contributed by atoms with Crippen molar-refractivity contribution in [2.75, 3.05) is 6.54 Å². The number of halogens is 3. The van der Waals surface area contributed by atoms with Gasteiger partial charge in [0.05, 0.1) is 0 Å². The van der Waals surface area contributed by atoms with Gasteiger partial charge in [-0.15, -0.1) is 0 Å². The highest BCUT2D eigenvalue weighted by Gasteiger charge is 2.45. The van der Waals surface area contributed by atoms with Gasteiger partial charge in [0.25, 0.3) is 0 Å². The first-order chi connectivity index (χ1) is 7.10. The van der Waals surface area contributed by atoms with E-state index in [2.05, 4.69) is 13.2 Å². The van der Waals surface area contributed by atoms with Gasteiger partial charge in [-0.25, -0.2) is 13.1 Å². The van der Waals surface area contributed by atoms with Crippen molar-refractivity contribution in [3.63, 3.8) is 0 Å². The lowest BCUT2D eigenvalue weighted by atomic mass is 10.4. The van der Waals surface area contributed by atoms with Crippen LogP contribution in [0.4, 0.5) is 13.2 Å². The molecule has 0 saturated heterocycles. The Bertz CT molecular complexity index is 361. The number of hydrogen-bond donors (Lipinski definition) is 1. The number of nitrogens with one attached hydrogen (secondary N) is 1. The first kappa shape index (κ1) is 15.0. The van der Waals surface area contributed by atoms with Crippen LogP contribution in [0.1, 0.15) is 6.92 Å². The van der Waals surface area contributed by atoms with Crippen LogP contribution in [0.15, 0.2) is 25.0 Å². The van der Waals surface area contributed by atoms with Crippen molar-refractivity contribution in [3.05, 3.63) is 25.0 Å². The monoisotopic (exact) mass is 259 g/mol. The predicted octanol–water partition coefficient (Wildman–Crippen LogP) is 1.53. The van der Waals surface area contributed by atoms with Crippen molar-refractivity contribution in [2.45, 2.75) is 18.5 Å². The lowest BCUT2D eigenvalue weighted by Crippen LogP contribution is -2.40. The molecule has 0 bridgehead atoms. The summed E-state index contributed by atoms with van der Waals surface area (Å²) in [4.78, 5) is 0. The van der Waals surface area contributed by atoms with Crippen molar-refractivity contribution in [3.8, 4) is 0 Å². The molecule has 0 heterocycles. The van der Waals surface area contributed by atoms with Crippen molar-refractivity contribution in [2.24, 2.45) is 0 Å². The molecule has 0 spiro atoms. The quantitative estimate of drug-likeness (QED) is 0.581. The van der Waals surface area contributed by atoms with Crippen LogP contribution in [-0.4, -0.2) is 26.6 Å². The molecule has 0 aliphatic rings. The number of ether oxygens (including phenoxy) is 1. The van der Waals surface area contributed by atoms with E-state index in [1.807, 2.05) is 0 Å². The summed E-state index contributed by atoms with van der Waals surface area (Å²) in [6.07, 6.45) is 0.483. The molecule has 16 heavy (non-hydrogen) atoms. The molecule has 8 heteroatoms. The summed E-state index contributed by atoms with van der Waals surface area (Å²) in [6, 6.07) is 0. The number of allylic oxidation sites excluding steroid dienone is 1. The van der Waals surface area contributed by atoms with Crippen LogP contribution < -0.4 is 4.72 Å². The molecule has 1 N–H and O–H groups in total. The summed E-state index contributed by atoms with van der Waals surface area (Å²) < 4.78 is 63.1. The van der Waals surface area contributed by atoms with Crippen LogP contribution in [0.2, 0.25) is 0 Å². The lowest BCUT2D eigenvalue weighted by molar-refractivity contribution is -0.0450. The van der Waals surface area contributed by atoms with E-state index in [-0.39, 0.29) is 5.76 Å². The van der Waals surface area contributed by atoms with Gasteiger partial charge in [0, 0.05) is 6.54 Å². The average molecular weight is 259 g/mol. The lowest BCUT2D eigenvalue weighted by Gasteiger charge is -2.16. The van der Waals surface area contributed by atoms with E-state index in [4.69, 9.17) is 4.74 Å². The largest absolute Gasteiger partial charge is 0.511 e. The van der Waals surface area contributed by atoms with Crippen LogP contribution in [0.3, 0.4) is 0 Å². The Labute approximate surface area is 91.8 Å². The highest BCUT2D eigenvalue weighted by molar-refractivity contribution is 7.90. The standard InChI is InChI=1S/C8H12F3NO3S/c1-4-6(2)15-7(3)5-12-16(13,14)8(9,10)11/h4,7,12H,1-2,5H2,3H3. The number of alkyl halides is 3. The number of hydrogen-bond acceptors (Lipinski definition) is 3. The summed E-state index contributed by atoms with van der Waals surface area (Å²) in [5.74, 6) is 0.152. The molecule has 0 fully saturated rings. The molecule has 1 atom stereocenters. The van der Waals surface area contributed by atoms with E-state index in [9.17, 15) is 21.6 Å². The second-order valence-corrected chi connectivity index (χ2v) is 4.66. The van der Waals surface area contributed by atoms with Crippen LogP contribution in [0.25, 0.3) is 0 Å². The van der Waals surface area contributed by atoms with E-state index in [1.165, 1.54) is 17.7 Å². The van der Waals surface area contributed by atoms with Crippen LogP contribution in [0, 0.1) is 0 Å². The Morgan fingerprint density at radius 2 is 2.06 bits per heavy atom. The predicted molar refractivity (Wildman–Crippen MR) is 52.9 cm³/mol. The topological polar surface area (TPSA) is 55.4 Å². The van der Waals surface area contributed by atoms with Gasteiger partial charge in [-0.1, -0.05) is 13.2 Å². The fourth-order valence-electron chi connectivity index (χ4n) is 0.657. The molecular weight excluding hydrogens is 247 g/mol. The van der Waals surface area contributed by atoms with Gasteiger partial charge in [0.2, 0.25) is 0 Å². The van der Waals surface area contributed by atoms with E-state index in [0.29, 0.717) is 0 Å². The van der Waals surface area contributed by atoms with Crippen molar-refractivity contribution in [1.82, 2.24) is 4.72 Å². The Morgan fingerprint density at radius 3 is 2.44 bits per heavy atom. The molecule has 0 aromatic rings. The van der Waals surface area contributed by atoms with Crippen molar-refractivity contribution < 1.29 is 26.3 Å². The molecule has 4 nitrogen and oxygen atoms in total. The van der Waals surface area contributed by atoms with Crippen LogP contribution in [-0.2, 0) is 14.8 Å². The smallest absolute Gasteiger partial charge is 0.490 e. The van der Waals surface area contributed by atoms with Crippen molar-refractivity contribution >= 4 is 10.0 Å². The molecule has 0 aliphatic carbocycles. The zero-order valence-electron chi connectivity index (χ0n) is 8.54. The SMILES string of the molecule is C=CC(=C)OC(C)CNS(=O)(=O)C(F)(F)F. The minimum atomic E-state index is -5.32. The third kappa shape index (κ3) is 4.67. The summed E-state index contributed by atoms with van der Waals surface area (Å²) in [5.41, 5.74) is -5.32. The third-order valence-electron chi connectivity index (χ3n) is 1.45. The number of rotatable bonds is 6. The third-order valence-corrected chi connectivity index (χ3v) is 2.60. The van der Waals surface area contributed by atoms with Gasteiger partial charge < -0.3 is 4.74 Å². The molecule has 94 valence electrons. The molecule has 1 unspecified atom stereocenters. The summed E-state index contributed by atoms with van der Waals surface area (Å²) in [5, 5.41) is 0. The average Bonchev–Trinajstić information content (AvgIpc) is 2.13. The van der Waals surface area contributed by atoms with Crippen molar-refractivity contribution in [1.29, 1.82) is 0 Å². The maximum atomic E-state index is 11.9. The molecule has 0 aromatic heterocycles. The highest BCUT2D eigenvalue weighted by Crippen LogP contribution is 2.21. The Balaban J connectivity index is 4.26. The van der Waals surface area contributed by atoms with Gasteiger partial charge in [-0.2, -0.15) is 13.2 Å². The molecule has 0 aliphatic heterocycles. The Hall–Kier alpha value is -1.02. The fraction of sp³-hybridized carbons (Fsp3) is 0.500. The van der Waals surface area contributed by atoms with Gasteiger partial charge in [0.15, 0.2) is 0 Å². The minimum absolute atomic E-state index is 0.152. The molecule has 0 radical (unpaired) electrons. The number of sulfonamides is 1. The maximum Gasteiger partial charge on any atom is 0.511 e. The summed E-state index contributed by atoms with van der Waals surface area (Å²) in [7, 11) is -5.32. The molecular formula is C8H12F3NO3S. The van der Waals surface area contributed by atoms with E-state index in [0.717, 1.165) is 0 Å². The molecule has 0 amide bonds. The van der Waals surface area contributed by atoms with Gasteiger partial charge in [-0.05, 0) is 13.0 Å². The second-order valence-electron chi connectivity index (χ2n) is 2.90. The fourth-order valence-corrected chi connectivity index (χ4v) is 1.27. The Kier molecular flexibility index (Phi) is 5.01.